The van der Waals surface area contributed by atoms with Crippen LogP contribution in [0.15, 0.2) is 24.3 Å². The number of carbonyl (C=O) groups excluding carboxylic acids is 2. The Bertz CT molecular complexity index is 385. The molecular weight excluding hydrogens is 232 g/mol. The maximum Gasteiger partial charge on any atom is 0.251 e. The SMILES string of the molecule is NCCNC(=O)c1cccc(C(=O)NCCN)c1. The second-order valence-corrected chi connectivity index (χ2v) is 3.67. The van der Waals surface area contributed by atoms with Crippen molar-refractivity contribution in [3.05, 3.63) is 35.4 Å². The molecular formula is C12H18N4O2. The van der Waals surface area contributed by atoms with Crippen molar-refractivity contribution in [2.24, 2.45) is 11.5 Å². The quantitative estimate of drug-likeness (QED) is 0.522. The second kappa shape index (κ2) is 7.41. The van der Waals surface area contributed by atoms with E-state index in [1.807, 2.05) is 0 Å². The monoisotopic (exact) mass is 250 g/mol. The average Bonchev–Trinajstić information content (AvgIpc) is 2.42. The molecule has 0 atom stereocenters. The lowest BCUT2D eigenvalue weighted by molar-refractivity contribution is 0.0954. The summed E-state index contributed by atoms with van der Waals surface area (Å²) in [6.45, 7) is 1.57. The summed E-state index contributed by atoms with van der Waals surface area (Å²) in [6, 6.07) is 6.49. The fourth-order valence-electron chi connectivity index (χ4n) is 1.38. The third-order valence-corrected chi connectivity index (χ3v) is 2.25. The van der Waals surface area contributed by atoms with Crippen LogP contribution < -0.4 is 22.1 Å². The second-order valence-electron chi connectivity index (χ2n) is 3.67. The molecule has 0 spiro atoms. The topological polar surface area (TPSA) is 110 Å². The Hall–Kier alpha value is -1.92. The molecule has 1 aromatic carbocycles. The molecule has 0 saturated heterocycles. The van der Waals surface area contributed by atoms with E-state index in [4.69, 9.17) is 11.5 Å². The molecule has 18 heavy (non-hydrogen) atoms. The molecule has 98 valence electrons. The number of nitrogens with two attached hydrogens (primary N) is 2. The highest BCUT2D eigenvalue weighted by molar-refractivity contribution is 5.99. The highest BCUT2D eigenvalue weighted by Crippen LogP contribution is 2.05. The molecule has 0 bridgehead atoms. The highest BCUT2D eigenvalue weighted by atomic mass is 16.2. The van der Waals surface area contributed by atoms with E-state index in [-0.39, 0.29) is 11.8 Å². The van der Waals surface area contributed by atoms with Gasteiger partial charge in [-0.1, -0.05) is 6.07 Å². The van der Waals surface area contributed by atoms with E-state index in [1.165, 1.54) is 6.07 Å². The third-order valence-electron chi connectivity index (χ3n) is 2.25. The van der Waals surface area contributed by atoms with Crippen molar-refractivity contribution in [3.8, 4) is 0 Å². The maximum atomic E-state index is 11.7. The van der Waals surface area contributed by atoms with E-state index in [9.17, 15) is 9.59 Å². The van der Waals surface area contributed by atoms with Crippen molar-refractivity contribution in [1.29, 1.82) is 0 Å². The minimum atomic E-state index is -0.242. The van der Waals surface area contributed by atoms with Gasteiger partial charge in [-0.3, -0.25) is 9.59 Å². The molecule has 0 aromatic heterocycles. The van der Waals surface area contributed by atoms with Gasteiger partial charge in [-0.15, -0.1) is 0 Å². The van der Waals surface area contributed by atoms with Crippen molar-refractivity contribution in [2.45, 2.75) is 0 Å². The Balaban J connectivity index is 2.72. The molecule has 0 unspecified atom stereocenters. The van der Waals surface area contributed by atoms with E-state index in [0.29, 0.717) is 37.3 Å². The summed E-state index contributed by atoms with van der Waals surface area (Å²) >= 11 is 0. The van der Waals surface area contributed by atoms with E-state index in [2.05, 4.69) is 10.6 Å². The Morgan fingerprint density at radius 2 is 1.39 bits per heavy atom. The largest absolute Gasteiger partial charge is 0.351 e. The van der Waals surface area contributed by atoms with E-state index < -0.39 is 0 Å². The number of hydrogen-bond acceptors (Lipinski definition) is 4. The Kier molecular flexibility index (Phi) is 5.83. The predicted octanol–water partition coefficient (Wildman–Crippen LogP) is -0.936. The highest BCUT2D eigenvalue weighted by Gasteiger charge is 2.09. The van der Waals surface area contributed by atoms with Crippen molar-refractivity contribution in [1.82, 2.24) is 10.6 Å². The minimum absolute atomic E-state index is 0.242. The van der Waals surface area contributed by atoms with Crippen molar-refractivity contribution in [2.75, 3.05) is 26.2 Å². The van der Waals surface area contributed by atoms with Gasteiger partial charge in [-0.25, -0.2) is 0 Å². The summed E-state index contributed by atoms with van der Waals surface area (Å²) in [7, 11) is 0. The first-order valence-corrected chi connectivity index (χ1v) is 5.75. The Labute approximate surface area is 106 Å². The number of carbonyl (C=O) groups is 2. The van der Waals surface area contributed by atoms with Crippen LogP contribution in [0.5, 0.6) is 0 Å². The molecule has 1 rings (SSSR count). The molecule has 0 fully saturated rings. The average molecular weight is 250 g/mol. The van der Waals surface area contributed by atoms with Crippen LogP contribution in [-0.4, -0.2) is 38.0 Å². The van der Waals surface area contributed by atoms with Crippen LogP contribution >= 0.6 is 0 Å². The lowest BCUT2D eigenvalue weighted by Gasteiger charge is -2.06. The molecule has 0 aliphatic carbocycles. The van der Waals surface area contributed by atoms with Crippen LogP contribution in [0.2, 0.25) is 0 Å². The third kappa shape index (κ3) is 4.15. The number of hydrogen-bond donors (Lipinski definition) is 4. The molecule has 0 aliphatic heterocycles. The van der Waals surface area contributed by atoms with Gasteiger partial charge < -0.3 is 22.1 Å². The van der Waals surface area contributed by atoms with Gasteiger partial charge in [0.2, 0.25) is 0 Å². The summed E-state index contributed by atoms with van der Waals surface area (Å²) in [5, 5.41) is 5.28. The molecule has 0 radical (unpaired) electrons. The first-order valence-electron chi connectivity index (χ1n) is 5.75. The van der Waals surface area contributed by atoms with E-state index >= 15 is 0 Å². The number of benzene rings is 1. The maximum absolute atomic E-state index is 11.7. The van der Waals surface area contributed by atoms with E-state index in [1.54, 1.807) is 18.2 Å². The van der Waals surface area contributed by atoms with Crippen LogP contribution in [0, 0.1) is 0 Å². The van der Waals surface area contributed by atoms with Crippen LogP contribution in [0.25, 0.3) is 0 Å². The van der Waals surface area contributed by atoms with Crippen molar-refractivity contribution >= 4 is 11.8 Å². The van der Waals surface area contributed by atoms with Gasteiger partial charge in [0.05, 0.1) is 0 Å². The molecule has 0 aliphatic rings. The van der Waals surface area contributed by atoms with Gasteiger partial charge in [0, 0.05) is 37.3 Å². The fourth-order valence-corrected chi connectivity index (χ4v) is 1.38. The zero-order chi connectivity index (χ0) is 13.4. The zero-order valence-corrected chi connectivity index (χ0v) is 10.1. The molecule has 6 heteroatoms. The number of amides is 2. The Morgan fingerprint density at radius 3 is 1.78 bits per heavy atom. The van der Waals surface area contributed by atoms with Crippen LogP contribution in [0.4, 0.5) is 0 Å². The van der Waals surface area contributed by atoms with Gasteiger partial charge in [0.15, 0.2) is 0 Å². The Morgan fingerprint density at radius 1 is 0.944 bits per heavy atom. The lowest BCUT2D eigenvalue weighted by atomic mass is 10.1. The predicted molar refractivity (Wildman–Crippen MR) is 69.2 cm³/mol. The normalized spacial score (nSPS) is 9.89. The molecule has 1 aromatic rings. The van der Waals surface area contributed by atoms with Gasteiger partial charge in [-0.2, -0.15) is 0 Å². The first-order chi connectivity index (χ1) is 8.69. The van der Waals surface area contributed by atoms with Crippen LogP contribution in [0.1, 0.15) is 20.7 Å². The van der Waals surface area contributed by atoms with E-state index in [0.717, 1.165) is 0 Å². The molecule has 0 heterocycles. The lowest BCUT2D eigenvalue weighted by Crippen LogP contribution is -2.30. The van der Waals surface area contributed by atoms with Gasteiger partial charge >= 0.3 is 0 Å². The summed E-state index contributed by atoms with van der Waals surface area (Å²) in [4.78, 5) is 23.3. The smallest absolute Gasteiger partial charge is 0.251 e. The molecule has 6 N–H and O–H groups in total. The number of rotatable bonds is 6. The van der Waals surface area contributed by atoms with Crippen molar-refractivity contribution < 1.29 is 9.59 Å². The number of nitrogens with one attached hydrogen (secondary N) is 2. The van der Waals surface area contributed by atoms with Gasteiger partial charge in [-0.05, 0) is 18.2 Å². The summed E-state index contributed by atoms with van der Waals surface area (Å²) in [6.07, 6.45) is 0. The summed E-state index contributed by atoms with van der Waals surface area (Å²) in [5.74, 6) is -0.483. The summed E-state index contributed by atoms with van der Waals surface area (Å²) in [5.41, 5.74) is 11.5. The minimum Gasteiger partial charge on any atom is -0.351 e. The standard InChI is InChI=1S/C12H18N4O2/c13-4-6-15-11(17)9-2-1-3-10(8-9)12(18)16-7-5-14/h1-3,8H,4-7,13-14H2,(H,15,17)(H,16,18). The van der Waals surface area contributed by atoms with Crippen molar-refractivity contribution in [3.63, 3.8) is 0 Å². The molecule has 2 amide bonds. The summed E-state index contributed by atoms with van der Waals surface area (Å²) < 4.78 is 0. The first kappa shape index (κ1) is 14.1. The molecule has 0 saturated carbocycles. The van der Waals surface area contributed by atoms with Crippen LogP contribution in [-0.2, 0) is 0 Å². The fraction of sp³-hybridized carbons (Fsp3) is 0.333. The van der Waals surface area contributed by atoms with Crippen LogP contribution in [0.3, 0.4) is 0 Å². The van der Waals surface area contributed by atoms with Gasteiger partial charge in [0.1, 0.15) is 0 Å². The zero-order valence-electron chi connectivity index (χ0n) is 10.1. The van der Waals surface area contributed by atoms with Gasteiger partial charge in [0.25, 0.3) is 11.8 Å². The molecule has 6 nitrogen and oxygen atoms in total.